The molecule has 0 unspecified atom stereocenters. The number of nitrogens with zero attached hydrogens (tertiary/aromatic N) is 2. The average molecular weight is 765 g/mol. The molecule has 0 atom stereocenters. The zero-order valence-electron chi connectivity index (χ0n) is 33.0. The average Bonchev–Trinajstić information content (AvgIpc) is 3.66. The second-order valence-corrected chi connectivity index (χ2v) is 15.3. The van der Waals surface area contributed by atoms with Gasteiger partial charge >= 0.3 is 0 Å². The fraction of sp³-hybridized carbons (Fsp3) is 0. The summed E-state index contributed by atoms with van der Waals surface area (Å²) in [4.78, 5) is 2.45. The molecule has 0 spiro atoms. The molecule has 2 heteroatoms. The molecule has 0 aliphatic heterocycles. The molecule has 1 aromatic heterocycles. The van der Waals surface area contributed by atoms with Crippen LogP contribution < -0.4 is 4.90 Å². The van der Waals surface area contributed by atoms with Crippen molar-refractivity contribution in [1.82, 2.24) is 4.57 Å². The molecular weight excluding hydrogens is 725 g/mol. The van der Waals surface area contributed by atoms with E-state index in [2.05, 4.69) is 252 Å². The fourth-order valence-electron chi connectivity index (χ4n) is 8.94. The van der Waals surface area contributed by atoms with Crippen molar-refractivity contribution in [2.75, 3.05) is 4.90 Å². The number of hydrogen-bond acceptors (Lipinski definition) is 1. The number of rotatable bonds is 8. The Morgan fingerprint density at radius 1 is 0.283 bits per heavy atom. The molecule has 0 aliphatic rings. The van der Waals surface area contributed by atoms with Crippen LogP contribution in [0.1, 0.15) is 0 Å². The van der Waals surface area contributed by atoms with Crippen molar-refractivity contribution in [2.45, 2.75) is 0 Å². The van der Waals surface area contributed by atoms with Crippen LogP contribution in [0.2, 0.25) is 0 Å². The van der Waals surface area contributed by atoms with Crippen molar-refractivity contribution < 1.29 is 0 Å². The van der Waals surface area contributed by atoms with Crippen molar-refractivity contribution >= 4 is 49.6 Å². The van der Waals surface area contributed by atoms with E-state index in [-0.39, 0.29) is 0 Å². The Hall–Kier alpha value is -7.94. The van der Waals surface area contributed by atoms with Gasteiger partial charge in [0.15, 0.2) is 0 Å². The molecule has 60 heavy (non-hydrogen) atoms. The first-order valence-electron chi connectivity index (χ1n) is 20.6. The number of para-hydroxylation sites is 1. The lowest BCUT2D eigenvalue weighted by Gasteiger charge is -2.29. The first kappa shape index (κ1) is 35.2. The summed E-state index contributed by atoms with van der Waals surface area (Å²) in [6, 6.07) is 88.0. The largest absolute Gasteiger partial charge is 0.310 e. The smallest absolute Gasteiger partial charge is 0.0618 e. The van der Waals surface area contributed by atoms with Crippen LogP contribution >= 0.6 is 0 Å². The third-order valence-corrected chi connectivity index (χ3v) is 11.8. The normalized spacial score (nSPS) is 11.3. The Morgan fingerprint density at radius 3 is 1.45 bits per heavy atom. The molecule has 11 aromatic rings. The van der Waals surface area contributed by atoms with E-state index in [0.717, 1.165) is 39.3 Å². The van der Waals surface area contributed by atoms with E-state index in [9.17, 15) is 0 Å². The summed E-state index contributed by atoms with van der Waals surface area (Å²) in [6.07, 6.45) is 0. The molecule has 10 aromatic carbocycles. The van der Waals surface area contributed by atoms with Crippen molar-refractivity contribution in [3.05, 3.63) is 243 Å². The van der Waals surface area contributed by atoms with Crippen LogP contribution in [0.3, 0.4) is 0 Å². The summed E-state index contributed by atoms with van der Waals surface area (Å²) in [6.45, 7) is 0. The standard InChI is InChI=1S/C58H40N2/c1-5-17-41(18-6-1)43-29-33-48(34-30-43)59(56-39-47(42-19-7-2-8-20-42)32-36-50(56)44-21-9-3-10-22-44)49-35-38-54-53-27-15-16-28-55(53)60(57(54)40-49)58-51-26-14-13-25-46(51)31-37-52(58)45-23-11-4-12-24-45/h1-40H. The molecule has 0 radical (unpaired) electrons. The van der Waals surface area contributed by atoms with Gasteiger partial charge in [-0.05, 0) is 75.2 Å². The van der Waals surface area contributed by atoms with E-state index in [0.29, 0.717) is 0 Å². The molecule has 0 N–H and O–H groups in total. The molecule has 11 rings (SSSR count). The van der Waals surface area contributed by atoms with E-state index in [1.807, 2.05) is 0 Å². The highest BCUT2D eigenvalue weighted by Crippen LogP contribution is 2.46. The Labute approximate surface area is 350 Å². The van der Waals surface area contributed by atoms with E-state index < -0.39 is 0 Å². The van der Waals surface area contributed by atoms with Gasteiger partial charge in [0.1, 0.15) is 0 Å². The Morgan fingerprint density at radius 2 is 0.767 bits per heavy atom. The van der Waals surface area contributed by atoms with E-state index in [1.54, 1.807) is 0 Å². The van der Waals surface area contributed by atoms with Crippen LogP contribution in [0.25, 0.3) is 82.8 Å². The molecule has 282 valence electrons. The maximum Gasteiger partial charge on any atom is 0.0618 e. The van der Waals surface area contributed by atoms with Crippen LogP contribution in [0, 0.1) is 0 Å². The molecule has 0 saturated carbocycles. The lowest BCUT2D eigenvalue weighted by atomic mass is 9.96. The first-order valence-corrected chi connectivity index (χ1v) is 20.6. The summed E-state index contributed by atoms with van der Waals surface area (Å²) in [5, 5.41) is 4.85. The summed E-state index contributed by atoms with van der Waals surface area (Å²) < 4.78 is 2.51. The number of anilines is 3. The summed E-state index contributed by atoms with van der Waals surface area (Å²) >= 11 is 0. The maximum atomic E-state index is 2.51. The van der Waals surface area contributed by atoms with Gasteiger partial charge in [0.25, 0.3) is 0 Å². The minimum absolute atomic E-state index is 1.07. The van der Waals surface area contributed by atoms with Gasteiger partial charge in [-0.1, -0.05) is 206 Å². The van der Waals surface area contributed by atoms with E-state index >= 15 is 0 Å². The number of benzene rings is 10. The molecule has 0 aliphatic carbocycles. The van der Waals surface area contributed by atoms with Crippen LogP contribution in [0.4, 0.5) is 17.1 Å². The Balaban J connectivity index is 1.21. The zero-order chi connectivity index (χ0) is 39.8. The second kappa shape index (κ2) is 15.1. The van der Waals surface area contributed by atoms with Crippen molar-refractivity contribution in [3.63, 3.8) is 0 Å². The highest BCUT2D eigenvalue weighted by Gasteiger charge is 2.23. The quantitative estimate of drug-likeness (QED) is 0.150. The molecule has 2 nitrogen and oxygen atoms in total. The summed E-state index contributed by atoms with van der Waals surface area (Å²) in [5.41, 5.74) is 16.2. The predicted molar refractivity (Wildman–Crippen MR) is 255 cm³/mol. The third-order valence-electron chi connectivity index (χ3n) is 11.8. The fourth-order valence-corrected chi connectivity index (χ4v) is 8.94. The van der Waals surface area contributed by atoms with Crippen molar-refractivity contribution in [2.24, 2.45) is 0 Å². The lowest BCUT2D eigenvalue weighted by molar-refractivity contribution is 1.19. The van der Waals surface area contributed by atoms with Gasteiger partial charge in [-0.3, -0.25) is 0 Å². The first-order chi connectivity index (χ1) is 29.8. The SMILES string of the molecule is c1ccc(-c2ccc(N(c3ccc4c5ccccc5n(-c5c(-c6ccccc6)ccc6ccccc56)c4c3)c3cc(-c4ccccc4)ccc3-c3ccccc3)cc2)cc1. The van der Waals surface area contributed by atoms with Crippen LogP contribution in [0.15, 0.2) is 243 Å². The van der Waals surface area contributed by atoms with Gasteiger partial charge < -0.3 is 9.47 Å². The highest BCUT2D eigenvalue weighted by atomic mass is 15.1. The van der Waals surface area contributed by atoms with Gasteiger partial charge in [0.2, 0.25) is 0 Å². The van der Waals surface area contributed by atoms with Crippen LogP contribution in [-0.2, 0) is 0 Å². The summed E-state index contributed by atoms with van der Waals surface area (Å²) in [5.74, 6) is 0. The van der Waals surface area contributed by atoms with Crippen molar-refractivity contribution in [1.29, 1.82) is 0 Å². The molecule has 0 bridgehead atoms. The minimum atomic E-state index is 1.07. The Kier molecular flexibility index (Phi) is 8.87. The second-order valence-electron chi connectivity index (χ2n) is 15.3. The number of aromatic nitrogens is 1. The predicted octanol–water partition coefficient (Wildman–Crippen LogP) is 16.1. The third kappa shape index (κ3) is 6.23. The number of fused-ring (bicyclic) bond motifs is 4. The monoisotopic (exact) mass is 764 g/mol. The van der Waals surface area contributed by atoms with Crippen LogP contribution in [0.5, 0.6) is 0 Å². The van der Waals surface area contributed by atoms with Gasteiger partial charge in [-0.15, -0.1) is 0 Å². The van der Waals surface area contributed by atoms with E-state index in [1.165, 1.54) is 60.6 Å². The summed E-state index contributed by atoms with van der Waals surface area (Å²) in [7, 11) is 0. The van der Waals surface area contributed by atoms with Gasteiger partial charge in [-0.25, -0.2) is 0 Å². The van der Waals surface area contributed by atoms with E-state index in [4.69, 9.17) is 0 Å². The van der Waals surface area contributed by atoms with Gasteiger partial charge in [-0.2, -0.15) is 0 Å². The van der Waals surface area contributed by atoms with Gasteiger partial charge in [0, 0.05) is 38.7 Å². The van der Waals surface area contributed by atoms with Crippen molar-refractivity contribution in [3.8, 4) is 50.2 Å². The molecular formula is C58H40N2. The highest BCUT2D eigenvalue weighted by molar-refractivity contribution is 6.13. The molecule has 0 amide bonds. The molecule has 1 heterocycles. The topological polar surface area (TPSA) is 8.17 Å². The maximum absolute atomic E-state index is 2.51. The van der Waals surface area contributed by atoms with Crippen LogP contribution in [-0.4, -0.2) is 4.57 Å². The minimum Gasteiger partial charge on any atom is -0.310 e. The molecule has 0 fully saturated rings. The van der Waals surface area contributed by atoms with Gasteiger partial charge in [0.05, 0.1) is 22.4 Å². The zero-order valence-corrected chi connectivity index (χ0v) is 33.0. The Bertz CT molecular complexity index is 3280. The lowest BCUT2D eigenvalue weighted by Crippen LogP contribution is -2.12. The number of hydrogen-bond donors (Lipinski definition) is 0. The molecule has 0 saturated heterocycles.